The first-order valence-corrected chi connectivity index (χ1v) is 12.2. The standard InChI is InChI=1S/C26H21Cl2NO5S/c1-32-23-14-18(8-11-22(23)34-16-17-6-9-19(27)10-7-17)15-24-25(30)29(26(31)35-24)12-13-33-21-5-3-2-4-20(21)28/h2-11,14-15H,12-13,16H2,1H3/b24-15-. The molecule has 0 saturated carbocycles. The number of rotatable bonds is 9. The van der Waals surface area contributed by atoms with E-state index in [1.54, 1.807) is 67.8 Å². The molecule has 9 heteroatoms. The van der Waals surface area contributed by atoms with Gasteiger partial charge in [0, 0.05) is 5.02 Å². The minimum Gasteiger partial charge on any atom is -0.493 e. The highest BCUT2D eigenvalue weighted by Crippen LogP contribution is 2.35. The van der Waals surface area contributed by atoms with Crippen LogP contribution in [0.3, 0.4) is 0 Å². The van der Waals surface area contributed by atoms with Crippen LogP contribution >= 0.6 is 35.0 Å². The molecular weight excluding hydrogens is 509 g/mol. The lowest BCUT2D eigenvalue weighted by atomic mass is 10.1. The van der Waals surface area contributed by atoms with Crippen LogP contribution < -0.4 is 14.2 Å². The molecule has 1 aliphatic heterocycles. The predicted molar refractivity (Wildman–Crippen MR) is 138 cm³/mol. The van der Waals surface area contributed by atoms with Gasteiger partial charge in [-0.25, -0.2) is 0 Å². The zero-order valence-electron chi connectivity index (χ0n) is 18.7. The zero-order valence-corrected chi connectivity index (χ0v) is 21.0. The van der Waals surface area contributed by atoms with E-state index < -0.39 is 0 Å². The molecule has 0 aromatic heterocycles. The summed E-state index contributed by atoms with van der Waals surface area (Å²) in [7, 11) is 1.54. The van der Waals surface area contributed by atoms with Crippen LogP contribution in [-0.4, -0.2) is 36.3 Å². The van der Waals surface area contributed by atoms with Crippen molar-refractivity contribution in [3.63, 3.8) is 0 Å². The number of carbonyl (C=O) groups is 2. The minimum atomic E-state index is -0.371. The van der Waals surface area contributed by atoms with E-state index >= 15 is 0 Å². The molecule has 1 saturated heterocycles. The summed E-state index contributed by atoms with van der Waals surface area (Å²) in [5.41, 5.74) is 1.67. The number of imide groups is 1. The lowest BCUT2D eigenvalue weighted by Crippen LogP contribution is -2.32. The highest BCUT2D eigenvalue weighted by atomic mass is 35.5. The number of nitrogens with zero attached hydrogens (tertiary/aromatic N) is 1. The molecule has 3 aromatic rings. The zero-order chi connectivity index (χ0) is 24.8. The van der Waals surface area contributed by atoms with Gasteiger partial charge in [-0.05, 0) is 65.4 Å². The molecule has 0 atom stereocenters. The van der Waals surface area contributed by atoms with Crippen molar-refractivity contribution in [2.24, 2.45) is 0 Å². The first-order valence-electron chi connectivity index (χ1n) is 10.6. The largest absolute Gasteiger partial charge is 0.493 e. The van der Waals surface area contributed by atoms with Crippen LogP contribution in [0.1, 0.15) is 11.1 Å². The summed E-state index contributed by atoms with van der Waals surface area (Å²) in [4.78, 5) is 26.7. The van der Waals surface area contributed by atoms with E-state index in [0.717, 1.165) is 22.2 Å². The average molecular weight is 530 g/mol. The Morgan fingerprint density at radius 1 is 0.914 bits per heavy atom. The average Bonchev–Trinajstić information content (AvgIpc) is 3.12. The van der Waals surface area contributed by atoms with Crippen molar-refractivity contribution in [1.82, 2.24) is 4.90 Å². The van der Waals surface area contributed by atoms with Crippen LogP contribution in [-0.2, 0) is 11.4 Å². The molecule has 0 aliphatic carbocycles. The van der Waals surface area contributed by atoms with Gasteiger partial charge in [-0.1, -0.05) is 53.5 Å². The van der Waals surface area contributed by atoms with E-state index in [4.69, 9.17) is 37.4 Å². The lowest BCUT2D eigenvalue weighted by molar-refractivity contribution is -0.123. The summed E-state index contributed by atoms with van der Waals surface area (Å²) in [5.74, 6) is 1.21. The van der Waals surface area contributed by atoms with Crippen molar-refractivity contribution in [3.05, 3.63) is 92.8 Å². The maximum Gasteiger partial charge on any atom is 0.293 e. The molecule has 0 unspecified atom stereocenters. The molecule has 2 amide bonds. The number of hydrogen-bond acceptors (Lipinski definition) is 6. The first-order chi connectivity index (χ1) is 16.9. The molecule has 35 heavy (non-hydrogen) atoms. The summed E-state index contributed by atoms with van der Waals surface area (Å²) >= 11 is 12.9. The van der Waals surface area contributed by atoms with Gasteiger partial charge in [-0.15, -0.1) is 0 Å². The molecule has 0 radical (unpaired) electrons. The third-order valence-electron chi connectivity index (χ3n) is 5.08. The number of hydrogen-bond donors (Lipinski definition) is 0. The predicted octanol–water partition coefficient (Wildman–Crippen LogP) is 6.70. The van der Waals surface area contributed by atoms with Crippen molar-refractivity contribution >= 4 is 52.2 Å². The topological polar surface area (TPSA) is 65.1 Å². The maximum absolute atomic E-state index is 12.8. The molecule has 0 N–H and O–H groups in total. The van der Waals surface area contributed by atoms with Gasteiger partial charge in [0.1, 0.15) is 19.0 Å². The van der Waals surface area contributed by atoms with Crippen molar-refractivity contribution in [3.8, 4) is 17.2 Å². The Balaban J connectivity index is 1.40. The van der Waals surface area contributed by atoms with Crippen molar-refractivity contribution < 1.29 is 23.8 Å². The summed E-state index contributed by atoms with van der Waals surface area (Å²) < 4.78 is 16.9. The second kappa shape index (κ2) is 11.5. The lowest BCUT2D eigenvalue weighted by Gasteiger charge is -2.14. The van der Waals surface area contributed by atoms with Gasteiger partial charge >= 0.3 is 0 Å². The number of amides is 2. The second-order valence-electron chi connectivity index (χ2n) is 7.44. The van der Waals surface area contributed by atoms with E-state index in [1.807, 2.05) is 12.1 Å². The van der Waals surface area contributed by atoms with E-state index in [-0.39, 0.29) is 24.3 Å². The molecule has 1 aliphatic rings. The van der Waals surface area contributed by atoms with Crippen molar-refractivity contribution in [2.45, 2.75) is 6.61 Å². The Hall–Kier alpha value is -3.13. The second-order valence-corrected chi connectivity index (χ2v) is 9.27. The van der Waals surface area contributed by atoms with Crippen molar-refractivity contribution in [2.75, 3.05) is 20.3 Å². The van der Waals surface area contributed by atoms with Gasteiger partial charge in [0.25, 0.3) is 11.1 Å². The van der Waals surface area contributed by atoms with E-state index in [1.165, 1.54) is 0 Å². The smallest absolute Gasteiger partial charge is 0.293 e. The minimum absolute atomic E-state index is 0.119. The molecule has 180 valence electrons. The van der Waals surface area contributed by atoms with Gasteiger partial charge in [0.2, 0.25) is 0 Å². The number of benzene rings is 3. The summed E-state index contributed by atoms with van der Waals surface area (Å²) in [6.45, 7) is 0.610. The van der Waals surface area contributed by atoms with Crippen LogP contribution in [0.2, 0.25) is 10.0 Å². The van der Waals surface area contributed by atoms with Crippen LogP contribution in [0.4, 0.5) is 4.79 Å². The number of carbonyl (C=O) groups excluding carboxylic acids is 2. The van der Waals surface area contributed by atoms with Gasteiger partial charge in [-0.2, -0.15) is 0 Å². The molecule has 4 rings (SSSR count). The fraction of sp³-hybridized carbons (Fsp3) is 0.154. The van der Waals surface area contributed by atoms with Gasteiger partial charge in [0.05, 0.1) is 23.6 Å². The molecular formula is C26H21Cl2NO5S. The third-order valence-corrected chi connectivity index (χ3v) is 6.55. The number of halogens is 2. The molecule has 0 spiro atoms. The number of methoxy groups -OCH3 is 1. The van der Waals surface area contributed by atoms with Crippen LogP contribution in [0.5, 0.6) is 17.2 Å². The monoisotopic (exact) mass is 529 g/mol. The Labute approximate surface area is 217 Å². The fourth-order valence-corrected chi connectivity index (χ4v) is 4.47. The number of ether oxygens (including phenoxy) is 3. The summed E-state index contributed by atoms with van der Waals surface area (Å²) in [6, 6.07) is 19.7. The van der Waals surface area contributed by atoms with E-state index in [9.17, 15) is 9.59 Å². The van der Waals surface area contributed by atoms with Crippen LogP contribution in [0, 0.1) is 0 Å². The molecule has 0 bridgehead atoms. The molecule has 3 aromatic carbocycles. The van der Waals surface area contributed by atoms with Gasteiger partial charge in [0.15, 0.2) is 11.5 Å². The normalized spacial score (nSPS) is 14.5. The number of thioether (sulfide) groups is 1. The molecule has 1 heterocycles. The highest BCUT2D eigenvalue weighted by Gasteiger charge is 2.34. The van der Waals surface area contributed by atoms with Crippen LogP contribution in [0.25, 0.3) is 6.08 Å². The summed E-state index contributed by atoms with van der Waals surface area (Å²) in [6.07, 6.45) is 1.66. The third kappa shape index (κ3) is 6.31. The Kier molecular flexibility index (Phi) is 8.23. The Morgan fingerprint density at radius 3 is 2.43 bits per heavy atom. The van der Waals surface area contributed by atoms with E-state index in [2.05, 4.69) is 0 Å². The van der Waals surface area contributed by atoms with E-state index in [0.29, 0.717) is 44.4 Å². The van der Waals surface area contributed by atoms with Crippen LogP contribution in [0.15, 0.2) is 71.6 Å². The fourth-order valence-electron chi connectivity index (χ4n) is 3.29. The van der Waals surface area contributed by atoms with Crippen molar-refractivity contribution in [1.29, 1.82) is 0 Å². The Bertz CT molecular complexity index is 1260. The quantitative estimate of drug-likeness (QED) is 0.287. The van der Waals surface area contributed by atoms with Gasteiger partial charge < -0.3 is 14.2 Å². The van der Waals surface area contributed by atoms with Gasteiger partial charge in [-0.3, -0.25) is 14.5 Å². The molecule has 1 fully saturated rings. The maximum atomic E-state index is 12.8. The number of para-hydroxylation sites is 1. The highest BCUT2D eigenvalue weighted by molar-refractivity contribution is 8.18. The Morgan fingerprint density at radius 2 is 1.69 bits per heavy atom. The first kappa shape index (κ1) is 25.0. The molecule has 6 nitrogen and oxygen atoms in total. The SMILES string of the molecule is COc1cc(/C=C2\SC(=O)N(CCOc3ccccc3Cl)C2=O)ccc1OCc1ccc(Cl)cc1. The summed E-state index contributed by atoms with van der Waals surface area (Å²) in [5, 5.41) is 0.781.